The molecule has 20 heavy (non-hydrogen) atoms. The van der Waals surface area contributed by atoms with Crippen molar-refractivity contribution in [3.8, 4) is 5.75 Å². The van der Waals surface area contributed by atoms with Crippen molar-refractivity contribution in [2.24, 2.45) is 0 Å². The summed E-state index contributed by atoms with van der Waals surface area (Å²) in [5.41, 5.74) is 2.20. The number of nitrogens with one attached hydrogen (secondary N) is 3. The van der Waals surface area contributed by atoms with Gasteiger partial charge in [0.25, 0.3) is 0 Å². The molecule has 1 atom stereocenters. The van der Waals surface area contributed by atoms with E-state index in [9.17, 15) is 0 Å². The van der Waals surface area contributed by atoms with Gasteiger partial charge >= 0.3 is 0 Å². The summed E-state index contributed by atoms with van der Waals surface area (Å²) in [6.07, 6.45) is 6.66. The molecule has 0 unspecified atom stereocenters. The van der Waals surface area contributed by atoms with Crippen LogP contribution >= 0.6 is 0 Å². The summed E-state index contributed by atoms with van der Waals surface area (Å²) in [4.78, 5) is 4.16. The first-order valence-corrected chi connectivity index (χ1v) is 6.91. The number of pyridine rings is 1. The Morgan fingerprint density at radius 2 is 2.30 bits per heavy atom. The standard InChI is InChI=1S/C14H19N5O/c1-4-16-10-14(20-13-3-5-15-9-13)11(1)7-17-8-12-2-6-18-19-12/h1-2,4,6,10,13,15,17H,3,5,7-9H2,(H,18,19)/t13-/m0/s1. The molecule has 0 aliphatic carbocycles. The zero-order valence-corrected chi connectivity index (χ0v) is 11.3. The quantitative estimate of drug-likeness (QED) is 0.727. The van der Waals surface area contributed by atoms with Crippen molar-refractivity contribution in [2.75, 3.05) is 13.1 Å². The maximum Gasteiger partial charge on any atom is 0.142 e. The van der Waals surface area contributed by atoms with Gasteiger partial charge in [0, 0.05) is 43.3 Å². The Morgan fingerprint density at radius 1 is 1.30 bits per heavy atom. The van der Waals surface area contributed by atoms with E-state index in [1.54, 1.807) is 18.6 Å². The Balaban J connectivity index is 1.57. The van der Waals surface area contributed by atoms with Gasteiger partial charge in [0.2, 0.25) is 0 Å². The molecule has 1 aliphatic heterocycles. The maximum absolute atomic E-state index is 6.01. The van der Waals surface area contributed by atoms with Gasteiger partial charge in [-0.15, -0.1) is 0 Å². The number of aromatic amines is 1. The smallest absolute Gasteiger partial charge is 0.142 e. The highest BCUT2D eigenvalue weighted by Crippen LogP contribution is 2.19. The number of rotatable bonds is 6. The number of hydrogen-bond donors (Lipinski definition) is 3. The number of hydrogen-bond acceptors (Lipinski definition) is 5. The molecule has 6 nitrogen and oxygen atoms in total. The van der Waals surface area contributed by atoms with Crippen molar-refractivity contribution in [2.45, 2.75) is 25.6 Å². The van der Waals surface area contributed by atoms with Gasteiger partial charge < -0.3 is 15.4 Å². The molecular formula is C14H19N5O. The molecule has 106 valence electrons. The van der Waals surface area contributed by atoms with Crippen LogP contribution in [0.2, 0.25) is 0 Å². The first-order chi connectivity index (χ1) is 9.92. The lowest BCUT2D eigenvalue weighted by atomic mass is 10.2. The van der Waals surface area contributed by atoms with E-state index in [-0.39, 0.29) is 6.10 Å². The summed E-state index contributed by atoms with van der Waals surface area (Å²) in [7, 11) is 0. The molecule has 0 bridgehead atoms. The third-order valence-electron chi connectivity index (χ3n) is 3.37. The fourth-order valence-corrected chi connectivity index (χ4v) is 2.28. The summed E-state index contributed by atoms with van der Waals surface area (Å²) >= 11 is 0. The van der Waals surface area contributed by atoms with E-state index >= 15 is 0 Å². The molecule has 0 spiro atoms. The van der Waals surface area contributed by atoms with Crippen molar-refractivity contribution in [3.63, 3.8) is 0 Å². The van der Waals surface area contributed by atoms with Crippen LogP contribution in [-0.2, 0) is 13.1 Å². The number of H-pyrrole nitrogens is 1. The van der Waals surface area contributed by atoms with Crippen LogP contribution in [0.5, 0.6) is 5.75 Å². The number of nitrogens with zero attached hydrogens (tertiary/aromatic N) is 2. The van der Waals surface area contributed by atoms with Crippen LogP contribution in [0.4, 0.5) is 0 Å². The first kappa shape index (κ1) is 13.1. The van der Waals surface area contributed by atoms with Crippen LogP contribution < -0.4 is 15.4 Å². The highest BCUT2D eigenvalue weighted by molar-refractivity contribution is 5.30. The van der Waals surface area contributed by atoms with Gasteiger partial charge in [-0.2, -0.15) is 5.10 Å². The van der Waals surface area contributed by atoms with Gasteiger partial charge in [0.1, 0.15) is 11.9 Å². The highest BCUT2D eigenvalue weighted by atomic mass is 16.5. The Labute approximate surface area is 118 Å². The molecule has 3 rings (SSSR count). The Morgan fingerprint density at radius 3 is 3.10 bits per heavy atom. The second-order valence-electron chi connectivity index (χ2n) is 4.90. The second kappa shape index (κ2) is 6.49. The number of ether oxygens (including phenoxy) is 1. The molecule has 1 fully saturated rings. The Kier molecular flexibility index (Phi) is 4.25. The molecule has 6 heteroatoms. The fraction of sp³-hybridized carbons (Fsp3) is 0.429. The predicted octanol–water partition coefficient (Wildman–Crippen LogP) is 0.835. The molecule has 2 aromatic rings. The molecule has 0 saturated carbocycles. The third kappa shape index (κ3) is 3.34. The minimum Gasteiger partial charge on any atom is -0.487 e. The van der Waals surface area contributed by atoms with E-state index in [2.05, 4.69) is 25.8 Å². The predicted molar refractivity (Wildman–Crippen MR) is 75.3 cm³/mol. The van der Waals surface area contributed by atoms with Gasteiger partial charge in [0.15, 0.2) is 0 Å². The second-order valence-corrected chi connectivity index (χ2v) is 4.90. The van der Waals surface area contributed by atoms with E-state index in [4.69, 9.17) is 4.74 Å². The van der Waals surface area contributed by atoms with Crippen LogP contribution in [0.1, 0.15) is 17.7 Å². The van der Waals surface area contributed by atoms with Crippen molar-refractivity contribution in [1.29, 1.82) is 0 Å². The Hall–Kier alpha value is -1.92. The lowest BCUT2D eigenvalue weighted by molar-refractivity contribution is 0.219. The summed E-state index contributed by atoms with van der Waals surface area (Å²) < 4.78 is 6.01. The van der Waals surface area contributed by atoms with E-state index in [0.717, 1.165) is 49.6 Å². The summed E-state index contributed by atoms with van der Waals surface area (Å²) in [6.45, 7) is 3.44. The molecule has 0 aromatic carbocycles. The normalized spacial score (nSPS) is 18.3. The molecule has 2 aromatic heterocycles. The van der Waals surface area contributed by atoms with Gasteiger partial charge in [-0.1, -0.05) is 0 Å². The Bertz CT molecular complexity index is 522. The first-order valence-electron chi connectivity index (χ1n) is 6.91. The maximum atomic E-state index is 6.01. The van der Waals surface area contributed by atoms with Gasteiger partial charge in [-0.25, -0.2) is 0 Å². The van der Waals surface area contributed by atoms with E-state index in [0.29, 0.717) is 0 Å². The minimum atomic E-state index is 0.255. The minimum absolute atomic E-state index is 0.255. The fourth-order valence-electron chi connectivity index (χ4n) is 2.28. The van der Waals surface area contributed by atoms with E-state index < -0.39 is 0 Å². The van der Waals surface area contributed by atoms with Gasteiger partial charge in [0.05, 0.1) is 6.20 Å². The molecule has 3 N–H and O–H groups in total. The third-order valence-corrected chi connectivity index (χ3v) is 3.37. The molecule has 3 heterocycles. The average Bonchev–Trinajstić information content (AvgIpc) is 3.14. The van der Waals surface area contributed by atoms with Gasteiger partial charge in [-0.3, -0.25) is 10.1 Å². The zero-order chi connectivity index (χ0) is 13.6. The topological polar surface area (TPSA) is 74.9 Å². The molecule has 0 radical (unpaired) electrons. The molecular weight excluding hydrogens is 254 g/mol. The van der Waals surface area contributed by atoms with Crippen LogP contribution in [0.15, 0.2) is 30.7 Å². The molecule has 0 amide bonds. The lowest BCUT2D eigenvalue weighted by Gasteiger charge is -2.15. The molecule has 1 aliphatic rings. The average molecular weight is 273 g/mol. The van der Waals surface area contributed by atoms with E-state index in [1.165, 1.54) is 0 Å². The van der Waals surface area contributed by atoms with Crippen LogP contribution in [0.25, 0.3) is 0 Å². The lowest BCUT2D eigenvalue weighted by Crippen LogP contribution is -2.21. The van der Waals surface area contributed by atoms with Crippen molar-refractivity contribution >= 4 is 0 Å². The van der Waals surface area contributed by atoms with Crippen LogP contribution in [0.3, 0.4) is 0 Å². The zero-order valence-electron chi connectivity index (χ0n) is 11.3. The summed E-state index contributed by atoms with van der Waals surface area (Å²) in [5, 5.41) is 13.5. The van der Waals surface area contributed by atoms with Crippen LogP contribution in [-0.4, -0.2) is 34.4 Å². The summed E-state index contributed by atoms with van der Waals surface area (Å²) in [5.74, 6) is 0.873. The van der Waals surface area contributed by atoms with Crippen molar-refractivity contribution < 1.29 is 4.74 Å². The highest BCUT2D eigenvalue weighted by Gasteiger charge is 2.17. The van der Waals surface area contributed by atoms with Crippen molar-refractivity contribution in [1.82, 2.24) is 25.8 Å². The summed E-state index contributed by atoms with van der Waals surface area (Å²) in [6, 6.07) is 3.96. The van der Waals surface area contributed by atoms with Crippen LogP contribution in [0, 0.1) is 0 Å². The van der Waals surface area contributed by atoms with Gasteiger partial charge in [-0.05, 0) is 25.1 Å². The number of aromatic nitrogens is 3. The van der Waals surface area contributed by atoms with Crippen molar-refractivity contribution in [3.05, 3.63) is 42.0 Å². The molecule has 1 saturated heterocycles. The monoisotopic (exact) mass is 273 g/mol. The largest absolute Gasteiger partial charge is 0.487 e. The van der Waals surface area contributed by atoms with E-state index in [1.807, 2.05) is 12.1 Å². The SMILES string of the molecule is c1cc(CNCc2ccn[nH]2)c(O[C@H]2CCNC2)cn1.